The van der Waals surface area contributed by atoms with Gasteiger partial charge in [-0.1, -0.05) is 30.3 Å². The molecule has 1 N–H and O–H groups in total. The molecule has 4 nitrogen and oxygen atoms in total. The van der Waals surface area contributed by atoms with Crippen molar-refractivity contribution in [2.24, 2.45) is 0 Å². The van der Waals surface area contributed by atoms with Crippen molar-refractivity contribution in [1.82, 2.24) is 10.2 Å². The number of benzene rings is 1. The summed E-state index contributed by atoms with van der Waals surface area (Å²) in [6.07, 6.45) is 0.734. The molecule has 0 fully saturated rings. The zero-order valence-electron chi connectivity index (χ0n) is 13.7. The van der Waals surface area contributed by atoms with Crippen molar-refractivity contribution >= 4 is 23.2 Å². The maximum absolute atomic E-state index is 12.3. The minimum Gasteiger partial charge on any atom is -0.347 e. The second-order valence-electron chi connectivity index (χ2n) is 5.65. The van der Waals surface area contributed by atoms with Crippen LogP contribution in [0, 0.1) is 6.92 Å². The van der Waals surface area contributed by atoms with Crippen molar-refractivity contribution in [2.75, 3.05) is 13.6 Å². The molecule has 0 unspecified atom stereocenters. The molecule has 0 aliphatic rings. The lowest BCUT2D eigenvalue weighted by atomic mass is 10.0. The summed E-state index contributed by atoms with van der Waals surface area (Å²) in [7, 11) is 1.63. The number of nitrogens with one attached hydrogen (secondary N) is 1. The highest BCUT2D eigenvalue weighted by molar-refractivity contribution is 7.10. The molecule has 1 atom stereocenters. The number of rotatable bonds is 6. The smallest absolute Gasteiger partial charge is 0.240 e. The summed E-state index contributed by atoms with van der Waals surface area (Å²) >= 11 is 1.65. The van der Waals surface area contributed by atoms with E-state index in [2.05, 4.69) is 30.4 Å². The fourth-order valence-corrected chi connectivity index (χ4v) is 3.35. The van der Waals surface area contributed by atoms with E-state index in [0.717, 1.165) is 11.3 Å². The minimum absolute atomic E-state index is 0.0745. The van der Waals surface area contributed by atoms with Crippen molar-refractivity contribution < 1.29 is 9.59 Å². The summed E-state index contributed by atoms with van der Waals surface area (Å²) in [4.78, 5) is 26.1. The van der Waals surface area contributed by atoms with Crippen LogP contribution in [-0.2, 0) is 16.0 Å². The van der Waals surface area contributed by atoms with Gasteiger partial charge in [-0.25, -0.2) is 0 Å². The topological polar surface area (TPSA) is 49.4 Å². The van der Waals surface area contributed by atoms with E-state index < -0.39 is 0 Å². The minimum atomic E-state index is -0.142. The average Bonchev–Trinajstić information content (AvgIpc) is 2.93. The van der Waals surface area contributed by atoms with Gasteiger partial charge >= 0.3 is 0 Å². The summed E-state index contributed by atoms with van der Waals surface area (Å²) in [6, 6.07) is 12.1. The van der Waals surface area contributed by atoms with Crippen molar-refractivity contribution in [1.29, 1.82) is 0 Å². The first-order valence-corrected chi connectivity index (χ1v) is 8.44. The Morgan fingerprint density at radius 1 is 1.22 bits per heavy atom. The van der Waals surface area contributed by atoms with Crippen molar-refractivity contribution in [2.45, 2.75) is 26.3 Å². The van der Waals surface area contributed by atoms with Gasteiger partial charge in [-0.3, -0.25) is 9.59 Å². The number of thiophene rings is 1. The third-order valence-corrected chi connectivity index (χ3v) is 4.89. The molecule has 0 spiro atoms. The quantitative estimate of drug-likeness (QED) is 0.885. The maximum atomic E-state index is 12.3. The van der Waals surface area contributed by atoms with Crippen LogP contribution in [0.25, 0.3) is 0 Å². The van der Waals surface area contributed by atoms with Crippen molar-refractivity contribution in [3.05, 3.63) is 57.8 Å². The van der Waals surface area contributed by atoms with Crippen molar-refractivity contribution in [3.63, 3.8) is 0 Å². The number of amides is 2. The fourth-order valence-electron chi connectivity index (χ4n) is 2.37. The van der Waals surface area contributed by atoms with Gasteiger partial charge in [0.05, 0.1) is 12.6 Å². The standard InChI is InChI=1S/C18H22N2O2S/c1-13-9-10-23-18(13)16(11-15-7-5-4-6-8-15)19-17(22)12-20(3)14(2)21/h4-10,16H,11-12H2,1-3H3,(H,19,22)/t16-/m0/s1. The highest BCUT2D eigenvalue weighted by atomic mass is 32.1. The molecule has 0 bridgehead atoms. The maximum Gasteiger partial charge on any atom is 0.240 e. The Labute approximate surface area is 141 Å². The predicted molar refractivity (Wildman–Crippen MR) is 93.4 cm³/mol. The van der Waals surface area contributed by atoms with E-state index in [1.54, 1.807) is 18.4 Å². The molecule has 5 heteroatoms. The number of hydrogen-bond donors (Lipinski definition) is 1. The predicted octanol–water partition coefficient (Wildman–Crippen LogP) is 2.93. The number of hydrogen-bond acceptors (Lipinski definition) is 3. The molecule has 122 valence electrons. The zero-order valence-corrected chi connectivity index (χ0v) is 14.5. The summed E-state index contributed by atoms with van der Waals surface area (Å²) in [5.41, 5.74) is 2.35. The van der Waals surface area contributed by atoms with E-state index in [1.807, 2.05) is 23.6 Å². The van der Waals surface area contributed by atoms with Gasteiger partial charge < -0.3 is 10.2 Å². The van der Waals surface area contributed by atoms with Crippen LogP contribution >= 0.6 is 11.3 Å². The van der Waals surface area contributed by atoms with Crippen molar-refractivity contribution in [3.8, 4) is 0 Å². The van der Waals surface area contributed by atoms with E-state index in [1.165, 1.54) is 23.0 Å². The van der Waals surface area contributed by atoms with E-state index in [9.17, 15) is 9.59 Å². The molecule has 1 aromatic heterocycles. The van der Waals surface area contributed by atoms with Gasteiger partial charge in [0.1, 0.15) is 0 Å². The first-order chi connectivity index (χ1) is 11.0. The number of aryl methyl sites for hydroxylation is 1. The first-order valence-electron chi connectivity index (χ1n) is 7.56. The molecule has 0 radical (unpaired) electrons. The van der Waals surface area contributed by atoms with Gasteiger partial charge in [0.25, 0.3) is 0 Å². The Balaban J connectivity index is 2.13. The lowest BCUT2D eigenvalue weighted by molar-refractivity contribution is -0.133. The van der Waals surface area contributed by atoms with Gasteiger partial charge in [0, 0.05) is 18.8 Å². The van der Waals surface area contributed by atoms with E-state index in [0.29, 0.717) is 0 Å². The molecule has 1 heterocycles. The van der Waals surface area contributed by atoms with Crippen LogP contribution in [0.15, 0.2) is 41.8 Å². The van der Waals surface area contributed by atoms with Gasteiger partial charge in [-0.05, 0) is 35.9 Å². The summed E-state index contributed by atoms with van der Waals surface area (Å²) in [6.45, 7) is 3.58. The summed E-state index contributed by atoms with van der Waals surface area (Å²) in [5, 5.41) is 5.11. The highest BCUT2D eigenvalue weighted by Gasteiger charge is 2.19. The molecule has 23 heavy (non-hydrogen) atoms. The molecule has 0 aliphatic heterocycles. The van der Waals surface area contributed by atoms with Gasteiger partial charge in [-0.2, -0.15) is 0 Å². The normalized spacial score (nSPS) is 11.8. The molecule has 1 aromatic carbocycles. The van der Waals surface area contributed by atoms with Crippen LogP contribution in [-0.4, -0.2) is 30.3 Å². The Hall–Kier alpha value is -2.14. The number of carbonyl (C=O) groups excluding carboxylic acids is 2. The highest BCUT2D eigenvalue weighted by Crippen LogP contribution is 2.26. The number of likely N-dealkylation sites (N-methyl/N-ethyl adjacent to an activating group) is 1. The summed E-state index contributed by atoms with van der Waals surface area (Å²) in [5.74, 6) is -0.261. The molecular formula is C18H22N2O2S. The van der Waals surface area contributed by atoms with Gasteiger partial charge in [0.2, 0.25) is 11.8 Å². The monoisotopic (exact) mass is 330 g/mol. The molecular weight excluding hydrogens is 308 g/mol. The van der Waals surface area contributed by atoms with Crippen LogP contribution in [0.1, 0.15) is 29.0 Å². The molecule has 2 aromatic rings. The second-order valence-corrected chi connectivity index (χ2v) is 6.60. The van der Waals surface area contributed by atoms with Crippen LogP contribution in [0.4, 0.5) is 0 Å². The lowest BCUT2D eigenvalue weighted by Gasteiger charge is -2.21. The third-order valence-electron chi connectivity index (χ3n) is 3.75. The average molecular weight is 330 g/mol. The Bertz CT molecular complexity index is 667. The van der Waals surface area contributed by atoms with E-state index in [-0.39, 0.29) is 24.4 Å². The molecule has 2 amide bonds. The fraction of sp³-hybridized carbons (Fsp3) is 0.333. The van der Waals surface area contributed by atoms with Crippen LogP contribution < -0.4 is 5.32 Å². The largest absolute Gasteiger partial charge is 0.347 e. The van der Waals surface area contributed by atoms with Gasteiger partial charge in [0.15, 0.2) is 0 Å². The Morgan fingerprint density at radius 3 is 2.48 bits per heavy atom. The first kappa shape index (κ1) is 17.2. The molecule has 0 aliphatic carbocycles. The molecule has 2 rings (SSSR count). The number of nitrogens with zero attached hydrogens (tertiary/aromatic N) is 1. The van der Waals surface area contributed by atoms with Crippen LogP contribution in [0.5, 0.6) is 0 Å². The Kier molecular flexibility index (Phi) is 5.93. The third kappa shape index (κ3) is 4.93. The second kappa shape index (κ2) is 7.92. The molecule has 0 saturated carbocycles. The van der Waals surface area contributed by atoms with Crippen LogP contribution in [0.2, 0.25) is 0 Å². The molecule has 0 saturated heterocycles. The Morgan fingerprint density at radius 2 is 1.91 bits per heavy atom. The number of carbonyl (C=O) groups is 2. The SMILES string of the molecule is CC(=O)N(C)CC(=O)N[C@@H](Cc1ccccc1)c1sccc1C. The van der Waals surface area contributed by atoms with E-state index >= 15 is 0 Å². The van der Waals surface area contributed by atoms with E-state index in [4.69, 9.17) is 0 Å². The van der Waals surface area contributed by atoms with Gasteiger partial charge in [-0.15, -0.1) is 11.3 Å². The zero-order chi connectivity index (χ0) is 16.8. The summed E-state index contributed by atoms with van der Waals surface area (Å²) < 4.78 is 0. The van der Waals surface area contributed by atoms with Crippen LogP contribution in [0.3, 0.4) is 0 Å². The lowest BCUT2D eigenvalue weighted by Crippen LogP contribution is -2.39.